The average molecular weight is 311 g/mol. The summed E-state index contributed by atoms with van der Waals surface area (Å²) >= 11 is 5.91. The summed E-state index contributed by atoms with van der Waals surface area (Å²) < 4.78 is 13.1. The van der Waals surface area contributed by atoms with Crippen molar-refractivity contribution in [3.63, 3.8) is 0 Å². The molecule has 1 aliphatic rings. The van der Waals surface area contributed by atoms with E-state index in [0.29, 0.717) is 29.6 Å². The van der Waals surface area contributed by atoms with Gasteiger partial charge >= 0.3 is 0 Å². The molecule has 0 N–H and O–H groups in total. The first-order valence-corrected chi connectivity index (χ1v) is 7.69. The number of alkyl halides is 1. The molecule has 6 nitrogen and oxygen atoms in total. The topological polar surface area (TPSA) is 62.1 Å². The van der Waals surface area contributed by atoms with Crippen LogP contribution in [0, 0.1) is 5.92 Å². The zero-order valence-electron chi connectivity index (χ0n) is 12.3. The van der Waals surface area contributed by atoms with Crippen molar-refractivity contribution in [3.05, 3.63) is 12.2 Å². The quantitative estimate of drug-likeness (QED) is 0.791. The number of aromatic nitrogens is 4. The highest BCUT2D eigenvalue weighted by Crippen LogP contribution is 2.27. The van der Waals surface area contributed by atoms with E-state index in [-0.39, 0.29) is 6.10 Å². The van der Waals surface area contributed by atoms with Gasteiger partial charge in [-0.1, -0.05) is 0 Å². The Bertz CT molecular complexity index is 631. The van der Waals surface area contributed by atoms with Gasteiger partial charge in [-0.05, 0) is 13.3 Å². The van der Waals surface area contributed by atoms with Crippen LogP contribution >= 0.6 is 11.6 Å². The maximum atomic E-state index is 5.91. The molecular weight excluding hydrogens is 292 g/mol. The van der Waals surface area contributed by atoms with Gasteiger partial charge in [0.05, 0.1) is 13.2 Å². The number of imidazole rings is 1. The van der Waals surface area contributed by atoms with Crippen molar-refractivity contribution in [1.82, 2.24) is 19.5 Å². The van der Waals surface area contributed by atoms with E-state index < -0.39 is 0 Å². The van der Waals surface area contributed by atoms with Crippen molar-refractivity contribution in [2.75, 3.05) is 19.6 Å². The van der Waals surface area contributed by atoms with Crippen molar-refractivity contribution in [3.8, 4) is 5.88 Å². The fourth-order valence-electron chi connectivity index (χ4n) is 2.83. The van der Waals surface area contributed by atoms with Crippen LogP contribution in [0.25, 0.3) is 11.2 Å². The van der Waals surface area contributed by atoms with E-state index in [0.717, 1.165) is 31.0 Å². The van der Waals surface area contributed by atoms with Gasteiger partial charge < -0.3 is 14.0 Å². The molecule has 0 spiro atoms. The van der Waals surface area contributed by atoms with Crippen LogP contribution in [0.5, 0.6) is 5.88 Å². The van der Waals surface area contributed by atoms with E-state index in [4.69, 9.17) is 21.1 Å². The van der Waals surface area contributed by atoms with Crippen LogP contribution in [0.15, 0.2) is 6.33 Å². The minimum Gasteiger partial charge on any atom is -0.479 e. The Balaban J connectivity index is 2.03. The Hall–Kier alpha value is -1.40. The second-order valence-electron chi connectivity index (χ2n) is 5.26. The Morgan fingerprint density at radius 1 is 1.48 bits per heavy atom. The first-order chi connectivity index (χ1) is 10.2. The maximum Gasteiger partial charge on any atom is 0.245 e. The Morgan fingerprint density at radius 2 is 2.33 bits per heavy atom. The van der Waals surface area contributed by atoms with Crippen LogP contribution < -0.4 is 4.74 Å². The van der Waals surface area contributed by atoms with Gasteiger partial charge in [0.1, 0.15) is 12.2 Å². The van der Waals surface area contributed by atoms with Gasteiger partial charge in [0.15, 0.2) is 11.2 Å². The first-order valence-electron chi connectivity index (χ1n) is 7.16. The molecule has 3 rings (SSSR count). The summed E-state index contributed by atoms with van der Waals surface area (Å²) in [5.74, 6) is 2.43. The van der Waals surface area contributed by atoms with Gasteiger partial charge in [-0.15, -0.1) is 11.6 Å². The fraction of sp³-hybridized carbons (Fsp3) is 0.643. The number of hydrogen-bond donors (Lipinski definition) is 0. The smallest absolute Gasteiger partial charge is 0.245 e. The van der Waals surface area contributed by atoms with Gasteiger partial charge in [0.2, 0.25) is 5.88 Å². The van der Waals surface area contributed by atoms with Crippen LogP contribution in [0.1, 0.15) is 19.2 Å². The molecule has 0 saturated carbocycles. The Labute approximate surface area is 128 Å². The molecule has 21 heavy (non-hydrogen) atoms. The molecule has 0 amide bonds. The normalized spacial score (nSPS) is 22.0. The Kier molecular flexibility index (Phi) is 4.26. The van der Waals surface area contributed by atoms with Gasteiger partial charge in [-0.25, -0.2) is 9.97 Å². The molecule has 114 valence electrons. The van der Waals surface area contributed by atoms with Crippen LogP contribution in [0.3, 0.4) is 0 Å². The lowest BCUT2D eigenvalue weighted by Gasteiger charge is -2.16. The minimum absolute atomic E-state index is 0.259. The second-order valence-corrected chi connectivity index (χ2v) is 5.64. The molecule has 7 heteroatoms. The summed E-state index contributed by atoms with van der Waals surface area (Å²) in [6, 6.07) is 0. The highest BCUT2D eigenvalue weighted by molar-refractivity contribution is 6.17. The predicted molar refractivity (Wildman–Crippen MR) is 79.8 cm³/mol. The standard InChI is InChI=1S/C14H19ClN4O2/c1-9-10(4-6-21-9)7-19-11(3-5-15)18-12-13(19)16-8-17-14(12)20-2/h8-10H,3-7H2,1-2H3. The molecule has 2 aromatic rings. The Morgan fingerprint density at radius 3 is 3.00 bits per heavy atom. The van der Waals surface area contributed by atoms with Gasteiger partial charge in [-0.3, -0.25) is 0 Å². The van der Waals surface area contributed by atoms with Crippen LogP contribution in [-0.4, -0.2) is 45.2 Å². The summed E-state index contributed by atoms with van der Waals surface area (Å²) in [7, 11) is 1.59. The van der Waals surface area contributed by atoms with E-state index in [1.54, 1.807) is 7.11 Å². The SMILES string of the molecule is COc1ncnc2c1nc(CCCl)n2CC1CCOC1C. The number of hydrogen-bond acceptors (Lipinski definition) is 5. The van der Waals surface area contributed by atoms with Crippen molar-refractivity contribution < 1.29 is 9.47 Å². The minimum atomic E-state index is 0.259. The molecule has 1 saturated heterocycles. The average Bonchev–Trinajstić information content (AvgIpc) is 3.05. The summed E-state index contributed by atoms with van der Waals surface area (Å²) in [6.07, 6.45) is 3.53. The summed E-state index contributed by atoms with van der Waals surface area (Å²) in [6.45, 7) is 3.78. The fourth-order valence-corrected chi connectivity index (χ4v) is 3.00. The third kappa shape index (κ3) is 2.70. The lowest BCUT2D eigenvalue weighted by Crippen LogP contribution is -2.19. The molecular formula is C14H19ClN4O2. The van der Waals surface area contributed by atoms with Gasteiger partial charge in [0.25, 0.3) is 0 Å². The molecule has 2 atom stereocenters. The van der Waals surface area contributed by atoms with Crippen molar-refractivity contribution >= 4 is 22.8 Å². The molecule has 2 aromatic heterocycles. The molecule has 1 fully saturated rings. The lowest BCUT2D eigenvalue weighted by molar-refractivity contribution is 0.102. The molecule has 0 aromatic carbocycles. The third-order valence-electron chi connectivity index (χ3n) is 4.04. The van der Waals surface area contributed by atoms with Gasteiger partial charge in [-0.2, -0.15) is 4.98 Å². The van der Waals surface area contributed by atoms with Crippen molar-refractivity contribution in [1.29, 1.82) is 0 Å². The number of aryl methyl sites for hydroxylation is 1. The van der Waals surface area contributed by atoms with E-state index in [2.05, 4.69) is 26.4 Å². The molecule has 0 bridgehead atoms. The lowest BCUT2D eigenvalue weighted by atomic mass is 10.0. The molecule has 0 aliphatic carbocycles. The summed E-state index contributed by atoms with van der Waals surface area (Å²) in [5.41, 5.74) is 1.51. The van der Waals surface area contributed by atoms with Crippen LogP contribution in [-0.2, 0) is 17.7 Å². The predicted octanol–water partition coefficient (Wildman–Crippen LogP) is 2.04. The summed E-state index contributed by atoms with van der Waals surface area (Å²) in [5, 5.41) is 0. The van der Waals surface area contributed by atoms with E-state index in [9.17, 15) is 0 Å². The zero-order valence-corrected chi connectivity index (χ0v) is 13.0. The van der Waals surface area contributed by atoms with Gasteiger partial charge in [0, 0.05) is 31.4 Å². The number of nitrogens with zero attached hydrogens (tertiary/aromatic N) is 4. The van der Waals surface area contributed by atoms with E-state index >= 15 is 0 Å². The third-order valence-corrected chi connectivity index (χ3v) is 4.23. The van der Waals surface area contributed by atoms with Crippen molar-refractivity contribution in [2.24, 2.45) is 5.92 Å². The molecule has 2 unspecified atom stereocenters. The van der Waals surface area contributed by atoms with Crippen LogP contribution in [0.4, 0.5) is 0 Å². The van der Waals surface area contributed by atoms with Crippen molar-refractivity contribution in [2.45, 2.75) is 32.4 Å². The van der Waals surface area contributed by atoms with E-state index in [1.807, 2.05) is 0 Å². The van der Waals surface area contributed by atoms with Crippen LogP contribution in [0.2, 0.25) is 0 Å². The van der Waals surface area contributed by atoms with E-state index in [1.165, 1.54) is 6.33 Å². The molecule has 1 aliphatic heterocycles. The highest BCUT2D eigenvalue weighted by Gasteiger charge is 2.27. The zero-order chi connectivity index (χ0) is 14.8. The number of fused-ring (bicyclic) bond motifs is 1. The molecule has 3 heterocycles. The first kappa shape index (κ1) is 14.5. The highest BCUT2D eigenvalue weighted by atomic mass is 35.5. The number of rotatable bonds is 5. The number of halogens is 1. The molecule has 0 radical (unpaired) electrons. The largest absolute Gasteiger partial charge is 0.479 e. The second kappa shape index (κ2) is 6.15. The monoisotopic (exact) mass is 310 g/mol. The number of methoxy groups -OCH3 is 1. The number of ether oxygens (including phenoxy) is 2. The maximum absolute atomic E-state index is 5.91. The summed E-state index contributed by atoms with van der Waals surface area (Å²) in [4.78, 5) is 13.1.